The van der Waals surface area contributed by atoms with Gasteiger partial charge in [0, 0.05) is 12.6 Å². The highest BCUT2D eigenvalue weighted by Crippen LogP contribution is 2.23. The summed E-state index contributed by atoms with van der Waals surface area (Å²) in [5, 5.41) is 0. The van der Waals surface area contributed by atoms with E-state index in [9.17, 15) is 4.79 Å². The van der Waals surface area contributed by atoms with Crippen molar-refractivity contribution in [3.63, 3.8) is 0 Å². The highest BCUT2D eigenvalue weighted by atomic mass is 16.5. The van der Waals surface area contributed by atoms with Crippen molar-refractivity contribution in [2.24, 2.45) is 10.7 Å². The molecule has 0 radical (unpaired) electrons. The predicted octanol–water partition coefficient (Wildman–Crippen LogP) is 1.60. The summed E-state index contributed by atoms with van der Waals surface area (Å²) in [6, 6.07) is 7.58. The van der Waals surface area contributed by atoms with Crippen LogP contribution < -0.4 is 10.5 Å². The van der Waals surface area contributed by atoms with E-state index in [1.165, 1.54) is 0 Å². The number of guanidine groups is 1. The van der Waals surface area contributed by atoms with Crippen molar-refractivity contribution in [2.75, 3.05) is 13.7 Å². The molecule has 0 aliphatic carbocycles. The standard InChI is InChI=1S/C14H17N3O2/c1-3-8-19-12-7-5-4-6-10(12)9-11-13(18)16-14(15)17(11)2/h4-7,9H,3,8H2,1-2H3,(H2,15,16,18)/b11-9-. The summed E-state index contributed by atoms with van der Waals surface area (Å²) in [7, 11) is 1.71. The minimum atomic E-state index is -0.328. The molecule has 0 bridgehead atoms. The Balaban J connectivity index is 2.31. The van der Waals surface area contributed by atoms with Crippen molar-refractivity contribution in [3.8, 4) is 5.75 Å². The van der Waals surface area contributed by atoms with E-state index in [2.05, 4.69) is 4.99 Å². The second-order valence-corrected chi connectivity index (χ2v) is 4.25. The van der Waals surface area contributed by atoms with Gasteiger partial charge in [0.05, 0.1) is 6.61 Å². The molecule has 5 nitrogen and oxygen atoms in total. The first kappa shape index (κ1) is 13.1. The first-order valence-electron chi connectivity index (χ1n) is 6.19. The summed E-state index contributed by atoms with van der Waals surface area (Å²) < 4.78 is 5.65. The van der Waals surface area contributed by atoms with Gasteiger partial charge < -0.3 is 15.4 Å². The Hall–Kier alpha value is -2.30. The van der Waals surface area contributed by atoms with E-state index < -0.39 is 0 Å². The Bertz CT molecular complexity index is 549. The smallest absolute Gasteiger partial charge is 0.296 e. The molecule has 2 rings (SSSR count). The van der Waals surface area contributed by atoms with Gasteiger partial charge in [0.25, 0.3) is 5.91 Å². The van der Waals surface area contributed by atoms with Crippen LogP contribution in [0.2, 0.25) is 0 Å². The van der Waals surface area contributed by atoms with Crippen LogP contribution in [0.5, 0.6) is 5.75 Å². The molecule has 0 aromatic heterocycles. The molecule has 0 spiro atoms. The summed E-state index contributed by atoms with van der Waals surface area (Å²) in [5.41, 5.74) is 6.91. The number of carbonyl (C=O) groups excluding carboxylic acids is 1. The van der Waals surface area contributed by atoms with Crippen molar-refractivity contribution in [2.45, 2.75) is 13.3 Å². The molecule has 1 aromatic carbocycles. The lowest BCUT2D eigenvalue weighted by Gasteiger charge is -2.13. The van der Waals surface area contributed by atoms with Gasteiger partial charge >= 0.3 is 0 Å². The fraction of sp³-hybridized carbons (Fsp3) is 0.286. The molecule has 1 heterocycles. The molecule has 0 saturated carbocycles. The van der Waals surface area contributed by atoms with Crippen LogP contribution in [0.1, 0.15) is 18.9 Å². The third kappa shape index (κ3) is 2.76. The SMILES string of the molecule is CCCOc1ccccc1/C=C1/C(=O)N=C(N)N1C. The Kier molecular flexibility index (Phi) is 3.85. The molecule has 0 atom stereocenters. The highest BCUT2D eigenvalue weighted by Gasteiger charge is 2.24. The van der Waals surface area contributed by atoms with Gasteiger partial charge in [-0.1, -0.05) is 25.1 Å². The molecule has 0 unspecified atom stereocenters. The maximum atomic E-state index is 11.7. The monoisotopic (exact) mass is 259 g/mol. The quantitative estimate of drug-likeness (QED) is 0.834. The number of carbonyl (C=O) groups is 1. The van der Waals surface area contributed by atoms with Gasteiger partial charge in [0.15, 0.2) is 0 Å². The van der Waals surface area contributed by atoms with Gasteiger partial charge in [0.2, 0.25) is 5.96 Å². The number of hydrogen-bond acceptors (Lipinski definition) is 4. The van der Waals surface area contributed by atoms with Crippen LogP contribution in [0.3, 0.4) is 0 Å². The van der Waals surface area contributed by atoms with Gasteiger partial charge in [-0.15, -0.1) is 0 Å². The van der Waals surface area contributed by atoms with Gasteiger partial charge in [0.1, 0.15) is 11.4 Å². The van der Waals surface area contributed by atoms with Gasteiger partial charge in [-0.3, -0.25) is 4.79 Å². The number of hydrogen-bond donors (Lipinski definition) is 1. The van der Waals surface area contributed by atoms with Crippen LogP contribution >= 0.6 is 0 Å². The normalized spacial score (nSPS) is 16.9. The Morgan fingerprint density at radius 2 is 2.16 bits per heavy atom. The maximum absolute atomic E-state index is 11.7. The average Bonchev–Trinajstić information content (AvgIpc) is 2.64. The molecule has 1 aromatic rings. The zero-order valence-corrected chi connectivity index (χ0v) is 11.1. The number of para-hydroxylation sites is 1. The lowest BCUT2D eigenvalue weighted by Crippen LogP contribution is -2.28. The molecule has 19 heavy (non-hydrogen) atoms. The van der Waals surface area contributed by atoms with E-state index in [0.717, 1.165) is 17.7 Å². The molecule has 0 saturated heterocycles. The third-order valence-electron chi connectivity index (χ3n) is 2.81. The Labute approximate surface area is 112 Å². The van der Waals surface area contributed by atoms with E-state index in [1.807, 2.05) is 31.2 Å². The lowest BCUT2D eigenvalue weighted by molar-refractivity contribution is -0.114. The second kappa shape index (κ2) is 5.56. The van der Waals surface area contributed by atoms with Crippen molar-refractivity contribution < 1.29 is 9.53 Å². The largest absolute Gasteiger partial charge is 0.493 e. The van der Waals surface area contributed by atoms with Crippen LogP contribution in [0.25, 0.3) is 6.08 Å². The van der Waals surface area contributed by atoms with Crippen molar-refractivity contribution in [3.05, 3.63) is 35.5 Å². The fourth-order valence-corrected chi connectivity index (χ4v) is 1.75. The maximum Gasteiger partial charge on any atom is 0.296 e. The summed E-state index contributed by atoms with van der Waals surface area (Å²) in [5.74, 6) is 0.636. The average molecular weight is 259 g/mol. The van der Waals surface area contributed by atoms with Crippen molar-refractivity contribution in [1.29, 1.82) is 0 Å². The predicted molar refractivity (Wildman–Crippen MR) is 74.6 cm³/mol. The molecule has 100 valence electrons. The van der Waals surface area contributed by atoms with E-state index in [0.29, 0.717) is 12.3 Å². The number of aliphatic imine (C=N–C) groups is 1. The van der Waals surface area contributed by atoms with E-state index in [1.54, 1.807) is 18.0 Å². The van der Waals surface area contributed by atoms with Crippen LogP contribution in [-0.4, -0.2) is 30.4 Å². The van der Waals surface area contributed by atoms with Crippen LogP contribution in [0.4, 0.5) is 0 Å². The highest BCUT2D eigenvalue weighted by molar-refractivity contribution is 6.12. The number of likely N-dealkylation sites (N-methyl/N-ethyl adjacent to an activating group) is 1. The number of nitrogens with zero attached hydrogens (tertiary/aromatic N) is 2. The van der Waals surface area contributed by atoms with E-state index in [-0.39, 0.29) is 11.9 Å². The first-order chi connectivity index (χ1) is 9.13. The molecule has 1 aliphatic rings. The molecular weight excluding hydrogens is 242 g/mol. The molecular formula is C14H17N3O2. The number of rotatable bonds is 4. The Morgan fingerprint density at radius 1 is 1.42 bits per heavy atom. The van der Waals surface area contributed by atoms with Crippen molar-refractivity contribution in [1.82, 2.24) is 4.90 Å². The second-order valence-electron chi connectivity index (χ2n) is 4.25. The summed E-state index contributed by atoms with van der Waals surface area (Å²) >= 11 is 0. The molecule has 0 fully saturated rings. The Morgan fingerprint density at radius 3 is 2.79 bits per heavy atom. The third-order valence-corrected chi connectivity index (χ3v) is 2.81. The van der Waals surface area contributed by atoms with Crippen LogP contribution in [0.15, 0.2) is 35.0 Å². The zero-order valence-electron chi connectivity index (χ0n) is 11.1. The minimum absolute atomic E-state index is 0.211. The zero-order chi connectivity index (χ0) is 13.8. The van der Waals surface area contributed by atoms with Crippen molar-refractivity contribution >= 4 is 17.9 Å². The number of benzene rings is 1. The van der Waals surface area contributed by atoms with Gasteiger partial charge in [-0.2, -0.15) is 4.99 Å². The number of ether oxygens (including phenoxy) is 1. The first-order valence-corrected chi connectivity index (χ1v) is 6.19. The fourth-order valence-electron chi connectivity index (χ4n) is 1.75. The van der Waals surface area contributed by atoms with E-state index in [4.69, 9.17) is 10.5 Å². The summed E-state index contributed by atoms with van der Waals surface area (Å²) in [4.78, 5) is 17.0. The van der Waals surface area contributed by atoms with Crippen LogP contribution in [-0.2, 0) is 4.79 Å². The molecule has 2 N–H and O–H groups in total. The van der Waals surface area contributed by atoms with E-state index >= 15 is 0 Å². The van der Waals surface area contributed by atoms with Gasteiger partial charge in [-0.25, -0.2) is 0 Å². The minimum Gasteiger partial charge on any atom is -0.493 e. The summed E-state index contributed by atoms with van der Waals surface area (Å²) in [6.07, 6.45) is 2.68. The molecule has 1 aliphatic heterocycles. The van der Waals surface area contributed by atoms with Gasteiger partial charge in [-0.05, 0) is 18.6 Å². The lowest BCUT2D eigenvalue weighted by atomic mass is 10.1. The topological polar surface area (TPSA) is 67.9 Å². The van der Waals surface area contributed by atoms with Crippen LogP contribution in [0, 0.1) is 0 Å². The molecule has 5 heteroatoms. The summed E-state index contributed by atoms with van der Waals surface area (Å²) in [6.45, 7) is 2.69. The number of amides is 1. The number of nitrogens with two attached hydrogens (primary N) is 1. The molecule has 1 amide bonds.